The lowest BCUT2D eigenvalue weighted by Gasteiger charge is -2.09. The number of aromatic nitrogens is 2. The number of hydrogen-bond donors (Lipinski definition) is 2. The number of rotatable bonds is 5. The molecule has 1 aromatic heterocycles. The third-order valence-electron chi connectivity index (χ3n) is 3.61. The van der Waals surface area contributed by atoms with Crippen LogP contribution in [0.2, 0.25) is 0 Å². The fourth-order valence-electron chi connectivity index (χ4n) is 2.31. The molecule has 0 spiro atoms. The van der Waals surface area contributed by atoms with Crippen LogP contribution in [-0.4, -0.2) is 23.0 Å². The highest BCUT2D eigenvalue weighted by Gasteiger charge is 2.12. The van der Waals surface area contributed by atoms with Gasteiger partial charge in [0.05, 0.1) is 7.11 Å². The quantitative estimate of drug-likeness (QED) is 0.708. The minimum Gasteiger partial charge on any atom is -0.497 e. The van der Waals surface area contributed by atoms with Gasteiger partial charge < -0.3 is 15.4 Å². The molecule has 0 saturated heterocycles. The van der Waals surface area contributed by atoms with Gasteiger partial charge in [-0.1, -0.05) is 0 Å². The number of nitrogens with one attached hydrogen (secondary N) is 2. The normalized spacial score (nSPS) is 10.4. The molecule has 2 N–H and O–H groups in total. The van der Waals surface area contributed by atoms with Crippen molar-refractivity contribution in [1.82, 2.24) is 9.97 Å². The Morgan fingerprint density at radius 2 is 1.67 bits per heavy atom. The molecule has 1 amide bonds. The lowest BCUT2D eigenvalue weighted by Crippen LogP contribution is -2.15. The lowest BCUT2D eigenvalue weighted by atomic mass is 10.2. The van der Waals surface area contributed by atoms with Crippen LogP contribution >= 0.6 is 0 Å². The molecule has 0 aliphatic heterocycles. The van der Waals surface area contributed by atoms with Crippen molar-refractivity contribution in [3.8, 4) is 5.75 Å². The minimum absolute atomic E-state index is 0.0863. The van der Waals surface area contributed by atoms with Crippen molar-refractivity contribution in [3.05, 3.63) is 71.6 Å². The van der Waals surface area contributed by atoms with E-state index in [1.165, 1.54) is 12.1 Å². The number of anilines is 3. The largest absolute Gasteiger partial charge is 0.497 e. The van der Waals surface area contributed by atoms with Gasteiger partial charge in [-0.15, -0.1) is 0 Å². The Bertz CT molecular complexity index is 978. The molecule has 0 saturated carbocycles. The topological polar surface area (TPSA) is 76.1 Å². The van der Waals surface area contributed by atoms with Crippen molar-refractivity contribution in [2.45, 2.75) is 6.92 Å². The molecule has 0 aliphatic carbocycles. The van der Waals surface area contributed by atoms with Crippen molar-refractivity contribution in [1.29, 1.82) is 0 Å². The van der Waals surface area contributed by atoms with E-state index in [0.717, 1.165) is 12.1 Å². The second-order valence-corrected chi connectivity index (χ2v) is 5.65. The zero-order valence-electron chi connectivity index (χ0n) is 14.6. The van der Waals surface area contributed by atoms with Crippen molar-refractivity contribution in [3.63, 3.8) is 0 Å². The highest BCUT2D eigenvalue weighted by molar-refractivity contribution is 6.03. The van der Waals surface area contributed by atoms with Crippen LogP contribution in [0.4, 0.5) is 26.1 Å². The summed E-state index contributed by atoms with van der Waals surface area (Å²) in [5, 5.41) is 5.48. The molecule has 1 heterocycles. The number of ether oxygens (including phenoxy) is 1. The molecular weight excluding hydrogens is 354 g/mol. The number of hydrogen-bond acceptors (Lipinski definition) is 5. The molecule has 3 rings (SSSR count). The molecule has 0 unspecified atom stereocenters. The summed E-state index contributed by atoms with van der Waals surface area (Å²) in [6, 6.07) is 11.7. The van der Waals surface area contributed by atoms with Gasteiger partial charge in [0.15, 0.2) is 11.6 Å². The highest BCUT2D eigenvalue weighted by Crippen LogP contribution is 2.19. The Labute approximate surface area is 154 Å². The van der Waals surface area contributed by atoms with Crippen molar-refractivity contribution in [2.75, 3.05) is 17.7 Å². The first-order valence-corrected chi connectivity index (χ1v) is 7.98. The van der Waals surface area contributed by atoms with Gasteiger partial charge in [-0.2, -0.15) is 0 Å². The van der Waals surface area contributed by atoms with E-state index in [2.05, 4.69) is 20.6 Å². The van der Waals surface area contributed by atoms with E-state index in [0.29, 0.717) is 17.1 Å². The number of methoxy groups -OCH3 is 1. The first-order valence-electron chi connectivity index (χ1n) is 7.98. The number of benzene rings is 2. The van der Waals surface area contributed by atoms with Crippen molar-refractivity contribution >= 4 is 23.2 Å². The van der Waals surface area contributed by atoms with Crippen molar-refractivity contribution in [2.24, 2.45) is 0 Å². The highest BCUT2D eigenvalue weighted by atomic mass is 19.2. The fraction of sp³-hybridized carbons (Fsp3) is 0.105. The maximum atomic E-state index is 13.3. The second kappa shape index (κ2) is 7.77. The first kappa shape index (κ1) is 18.2. The predicted molar refractivity (Wildman–Crippen MR) is 97.4 cm³/mol. The number of nitrogens with zero attached hydrogens (tertiary/aromatic N) is 2. The molecule has 0 fully saturated rings. The summed E-state index contributed by atoms with van der Waals surface area (Å²) < 4.78 is 31.4. The maximum Gasteiger partial charge on any atom is 0.274 e. The van der Waals surface area contributed by atoms with E-state index in [4.69, 9.17) is 4.74 Å². The Morgan fingerprint density at radius 1 is 0.963 bits per heavy atom. The standard InChI is InChI=1S/C19H16F2N4O2/c1-11-9-17(18(26)23-13-5-8-15(20)16(21)10-13)25-19(22-11)24-12-3-6-14(27-2)7-4-12/h3-10H,1-2H3,(H,23,26)(H,22,24,25). The van der Waals surface area contributed by atoms with E-state index < -0.39 is 17.5 Å². The van der Waals surface area contributed by atoms with Crippen LogP contribution in [-0.2, 0) is 0 Å². The van der Waals surface area contributed by atoms with Crippen LogP contribution < -0.4 is 15.4 Å². The summed E-state index contributed by atoms with van der Waals surface area (Å²) in [4.78, 5) is 20.8. The van der Waals surface area contributed by atoms with Gasteiger partial charge in [-0.25, -0.2) is 18.7 Å². The zero-order valence-corrected chi connectivity index (χ0v) is 14.6. The summed E-state index contributed by atoms with van der Waals surface area (Å²) in [5.74, 6) is -1.66. The molecule has 0 radical (unpaired) electrons. The molecule has 3 aromatic rings. The third kappa shape index (κ3) is 4.55. The number of halogens is 2. The SMILES string of the molecule is COc1ccc(Nc2nc(C)cc(C(=O)Nc3ccc(F)c(F)c3)n2)cc1. The van der Waals surface area contributed by atoms with Crippen LogP contribution in [0.15, 0.2) is 48.5 Å². The summed E-state index contributed by atoms with van der Waals surface area (Å²) in [6.45, 7) is 1.72. The average molecular weight is 370 g/mol. The van der Waals surface area contributed by atoms with Gasteiger partial charge in [0, 0.05) is 23.1 Å². The van der Waals surface area contributed by atoms with Crippen LogP contribution in [0.1, 0.15) is 16.2 Å². The number of aryl methyl sites for hydroxylation is 1. The molecular formula is C19H16F2N4O2. The van der Waals surface area contributed by atoms with Gasteiger partial charge >= 0.3 is 0 Å². The third-order valence-corrected chi connectivity index (χ3v) is 3.61. The van der Waals surface area contributed by atoms with Crippen molar-refractivity contribution < 1.29 is 18.3 Å². The van der Waals surface area contributed by atoms with E-state index in [1.807, 2.05) is 0 Å². The van der Waals surface area contributed by atoms with E-state index in [9.17, 15) is 13.6 Å². The molecule has 8 heteroatoms. The first-order chi connectivity index (χ1) is 12.9. The minimum atomic E-state index is -1.05. The molecule has 138 valence electrons. The van der Waals surface area contributed by atoms with Crippen LogP contribution in [0.25, 0.3) is 0 Å². The van der Waals surface area contributed by atoms with Gasteiger partial charge in [0.2, 0.25) is 5.95 Å². The summed E-state index contributed by atoms with van der Waals surface area (Å²) >= 11 is 0. The van der Waals surface area contributed by atoms with Crippen LogP contribution in [0, 0.1) is 18.6 Å². The Morgan fingerprint density at radius 3 is 2.33 bits per heavy atom. The van der Waals surface area contributed by atoms with E-state index >= 15 is 0 Å². The molecule has 27 heavy (non-hydrogen) atoms. The van der Waals surface area contributed by atoms with Crippen LogP contribution in [0.5, 0.6) is 5.75 Å². The number of amides is 1. The molecule has 0 atom stereocenters. The maximum absolute atomic E-state index is 13.3. The lowest BCUT2D eigenvalue weighted by molar-refractivity contribution is 0.102. The fourth-order valence-corrected chi connectivity index (χ4v) is 2.31. The number of carbonyl (C=O) groups is 1. The average Bonchev–Trinajstić information content (AvgIpc) is 2.65. The van der Waals surface area contributed by atoms with Gasteiger partial charge in [-0.3, -0.25) is 4.79 Å². The molecule has 0 bridgehead atoms. The van der Waals surface area contributed by atoms with Gasteiger partial charge in [-0.05, 0) is 49.4 Å². The molecule has 0 aliphatic rings. The number of carbonyl (C=O) groups excluding carboxylic acids is 1. The van der Waals surface area contributed by atoms with E-state index in [-0.39, 0.29) is 17.3 Å². The smallest absolute Gasteiger partial charge is 0.274 e. The summed E-state index contributed by atoms with van der Waals surface area (Å²) in [7, 11) is 1.57. The predicted octanol–water partition coefficient (Wildman–Crippen LogP) is 4.07. The monoisotopic (exact) mass is 370 g/mol. The Kier molecular flexibility index (Phi) is 5.25. The molecule has 6 nitrogen and oxygen atoms in total. The zero-order chi connectivity index (χ0) is 19.4. The van der Waals surface area contributed by atoms with Crippen LogP contribution in [0.3, 0.4) is 0 Å². The second-order valence-electron chi connectivity index (χ2n) is 5.65. The molecule has 2 aromatic carbocycles. The van der Waals surface area contributed by atoms with Gasteiger partial charge in [0.25, 0.3) is 5.91 Å². The summed E-state index contributed by atoms with van der Waals surface area (Å²) in [5.41, 5.74) is 1.49. The van der Waals surface area contributed by atoms with Gasteiger partial charge in [0.1, 0.15) is 11.4 Å². The van der Waals surface area contributed by atoms with E-state index in [1.54, 1.807) is 38.3 Å². The summed E-state index contributed by atoms with van der Waals surface area (Å²) in [6.07, 6.45) is 0. The Hall–Kier alpha value is -3.55. The Balaban J connectivity index is 1.79.